The number of benzene rings is 2. The van der Waals surface area contributed by atoms with Gasteiger partial charge in [-0.05, 0) is 80.3 Å². The number of hydrogen-bond donors (Lipinski definition) is 4. The number of piperidine rings is 1. The van der Waals surface area contributed by atoms with Crippen LogP contribution in [-0.4, -0.2) is 55.1 Å². The Kier molecular flexibility index (Phi) is 7.83. The molecule has 3 atom stereocenters. The highest BCUT2D eigenvalue weighted by Crippen LogP contribution is 2.29. The zero-order chi connectivity index (χ0) is 24.2. The minimum Gasteiger partial charge on any atom is -0.352 e. The molecule has 3 unspecified atom stereocenters. The van der Waals surface area contributed by atoms with E-state index in [0.717, 1.165) is 30.9 Å². The third kappa shape index (κ3) is 6.12. The second-order valence-corrected chi connectivity index (χ2v) is 10.5. The van der Waals surface area contributed by atoms with Crippen LogP contribution >= 0.6 is 23.2 Å². The van der Waals surface area contributed by atoms with Gasteiger partial charge < -0.3 is 26.2 Å². The number of rotatable bonds is 8. The maximum Gasteiger partial charge on any atom is 0.251 e. The summed E-state index contributed by atoms with van der Waals surface area (Å²) < 4.78 is 0. The Hall–Kier alpha value is -2.25. The molecule has 0 aliphatic carbocycles. The van der Waals surface area contributed by atoms with E-state index in [0.29, 0.717) is 46.7 Å². The summed E-state index contributed by atoms with van der Waals surface area (Å²) in [6.07, 6.45) is 7.91. The molecule has 3 aliphatic heterocycles. The van der Waals surface area contributed by atoms with E-state index in [1.807, 2.05) is 36.4 Å². The lowest BCUT2D eigenvalue weighted by Gasteiger charge is -2.34. The van der Waals surface area contributed by atoms with E-state index in [1.165, 1.54) is 31.5 Å². The van der Waals surface area contributed by atoms with Crippen molar-refractivity contribution in [2.45, 2.75) is 50.2 Å². The molecule has 6 nitrogen and oxygen atoms in total. The minimum absolute atomic E-state index is 0.0910. The lowest BCUT2D eigenvalue weighted by atomic mass is 10.0. The Morgan fingerprint density at radius 1 is 1.11 bits per heavy atom. The largest absolute Gasteiger partial charge is 0.352 e. The molecule has 0 saturated carbocycles. The number of likely N-dealkylation sites (tertiary alicyclic amines) is 1. The molecule has 3 fully saturated rings. The van der Waals surface area contributed by atoms with Crippen LogP contribution in [0.15, 0.2) is 54.4 Å². The van der Waals surface area contributed by atoms with Crippen LogP contribution in [0.5, 0.6) is 0 Å². The van der Waals surface area contributed by atoms with Crippen LogP contribution in [0.2, 0.25) is 10.0 Å². The van der Waals surface area contributed by atoms with Gasteiger partial charge in [-0.1, -0.05) is 35.7 Å². The second-order valence-electron chi connectivity index (χ2n) is 9.70. The molecular formula is C27H33Cl2N5O. The highest BCUT2D eigenvalue weighted by atomic mass is 35.5. The quantitative estimate of drug-likeness (QED) is 0.421. The Bertz CT molecular complexity index is 1070. The summed E-state index contributed by atoms with van der Waals surface area (Å²) in [5.74, 6) is 1.09. The number of carbonyl (C=O) groups excluding carboxylic acids is 1. The smallest absolute Gasteiger partial charge is 0.251 e. The number of piperazine rings is 1. The number of nitrogens with one attached hydrogen (secondary N) is 4. The minimum atomic E-state index is -0.0910. The van der Waals surface area contributed by atoms with Gasteiger partial charge in [0, 0.05) is 59.1 Å². The molecule has 186 valence electrons. The molecule has 8 heteroatoms. The third-order valence-electron chi connectivity index (χ3n) is 7.19. The lowest BCUT2D eigenvalue weighted by Crippen LogP contribution is -2.45. The van der Waals surface area contributed by atoms with E-state index in [-0.39, 0.29) is 5.91 Å². The molecule has 3 aliphatic rings. The predicted octanol–water partition coefficient (Wildman–Crippen LogP) is 4.41. The Balaban J connectivity index is 1.20. The van der Waals surface area contributed by atoms with Gasteiger partial charge in [-0.2, -0.15) is 0 Å². The van der Waals surface area contributed by atoms with Gasteiger partial charge in [-0.15, -0.1) is 0 Å². The molecule has 3 heterocycles. The van der Waals surface area contributed by atoms with Crippen LogP contribution < -0.4 is 21.3 Å². The SMILES string of the molecule is O=C(NCCc1ccc(Cl)cc1Cl)c1ccc(N/C(=C/C2CCCCN2)N2CC3CC2CN3)cc1. The molecule has 1 amide bonds. The van der Waals surface area contributed by atoms with Crippen molar-refractivity contribution in [2.24, 2.45) is 0 Å². The summed E-state index contributed by atoms with van der Waals surface area (Å²) in [6.45, 7) is 3.67. The molecule has 35 heavy (non-hydrogen) atoms. The standard InChI is InChI=1S/C27H33Cl2N5O/c28-20-7-4-18(25(29)13-20)10-12-31-27(35)19-5-8-21(9-6-19)33-26(15-22-3-1-2-11-30-22)34-17-23-14-24(34)16-32-23/h4-9,13,15,22-24,30,32-33H,1-3,10-12,14,16-17H2,(H,31,35)/b26-15-. The van der Waals surface area contributed by atoms with Gasteiger partial charge in [0.1, 0.15) is 5.82 Å². The number of halogens is 2. The first-order chi connectivity index (χ1) is 17.0. The fourth-order valence-electron chi connectivity index (χ4n) is 5.27. The van der Waals surface area contributed by atoms with Gasteiger partial charge in [0.25, 0.3) is 5.91 Å². The summed E-state index contributed by atoms with van der Waals surface area (Å²) >= 11 is 12.2. The first-order valence-electron chi connectivity index (χ1n) is 12.6. The van der Waals surface area contributed by atoms with E-state index in [2.05, 4.69) is 32.2 Å². The second kappa shape index (κ2) is 11.2. The van der Waals surface area contributed by atoms with E-state index >= 15 is 0 Å². The van der Waals surface area contributed by atoms with E-state index in [4.69, 9.17) is 23.2 Å². The topological polar surface area (TPSA) is 68.4 Å². The van der Waals surface area contributed by atoms with Gasteiger partial charge in [-0.25, -0.2) is 0 Å². The Morgan fingerprint density at radius 2 is 1.97 bits per heavy atom. The number of hydrogen-bond acceptors (Lipinski definition) is 5. The van der Waals surface area contributed by atoms with Crippen molar-refractivity contribution in [2.75, 3.05) is 31.5 Å². The first-order valence-corrected chi connectivity index (χ1v) is 13.4. The summed E-state index contributed by atoms with van der Waals surface area (Å²) in [7, 11) is 0. The maximum atomic E-state index is 12.6. The monoisotopic (exact) mass is 513 g/mol. The van der Waals surface area contributed by atoms with Crippen LogP contribution in [0.25, 0.3) is 0 Å². The van der Waals surface area contributed by atoms with Gasteiger partial charge >= 0.3 is 0 Å². The number of nitrogens with zero attached hydrogens (tertiary/aromatic N) is 1. The van der Waals surface area contributed by atoms with Gasteiger partial charge in [0.05, 0.1) is 0 Å². The van der Waals surface area contributed by atoms with Crippen LogP contribution in [0.1, 0.15) is 41.6 Å². The van der Waals surface area contributed by atoms with Crippen molar-refractivity contribution in [1.29, 1.82) is 0 Å². The summed E-state index contributed by atoms with van der Waals surface area (Å²) in [5, 5.41) is 15.1. The summed E-state index contributed by atoms with van der Waals surface area (Å²) in [5.41, 5.74) is 2.60. The maximum absolute atomic E-state index is 12.6. The zero-order valence-corrected chi connectivity index (χ0v) is 21.3. The highest BCUT2D eigenvalue weighted by molar-refractivity contribution is 6.35. The van der Waals surface area contributed by atoms with E-state index in [1.54, 1.807) is 6.07 Å². The molecule has 0 radical (unpaired) electrons. The molecule has 4 N–H and O–H groups in total. The molecular weight excluding hydrogens is 481 g/mol. The lowest BCUT2D eigenvalue weighted by molar-refractivity contribution is 0.0954. The van der Waals surface area contributed by atoms with Crippen molar-refractivity contribution >= 4 is 34.8 Å². The van der Waals surface area contributed by atoms with Crippen molar-refractivity contribution < 1.29 is 4.79 Å². The highest BCUT2D eigenvalue weighted by Gasteiger charge is 2.38. The van der Waals surface area contributed by atoms with Crippen molar-refractivity contribution in [1.82, 2.24) is 20.9 Å². The fraction of sp³-hybridized carbons (Fsp3) is 0.444. The van der Waals surface area contributed by atoms with Crippen LogP contribution in [-0.2, 0) is 6.42 Å². The molecule has 2 aromatic carbocycles. The molecule has 5 rings (SSSR count). The molecule has 0 spiro atoms. The van der Waals surface area contributed by atoms with Crippen LogP contribution in [0.4, 0.5) is 5.69 Å². The third-order valence-corrected chi connectivity index (χ3v) is 7.77. The van der Waals surface area contributed by atoms with E-state index in [9.17, 15) is 4.79 Å². The molecule has 2 bridgehead atoms. The number of amides is 1. The van der Waals surface area contributed by atoms with Crippen LogP contribution in [0, 0.1) is 0 Å². The van der Waals surface area contributed by atoms with Gasteiger partial charge in [0.15, 0.2) is 0 Å². The van der Waals surface area contributed by atoms with Gasteiger partial charge in [-0.3, -0.25) is 4.79 Å². The summed E-state index contributed by atoms with van der Waals surface area (Å²) in [6, 6.07) is 14.7. The zero-order valence-electron chi connectivity index (χ0n) is 19.8. The first kappa shape index (κ1) is 24.4. The number of anilines is 1. The number of fused-ring (bicyclic) bond motifs is 2. The van der Waals surface area contributed by atoms with Gasteiger partial charge in [0.2, 0.25) is 0 Å². The molecule has 0 aromatic heterocycles. The Labute approximate surface area is 217 Å². The molecule has 3 saturated heterocycles. The number of carbonyl (C=O) groups is 1. The van der Waals surface area contributed by atoms with Crippen molar-refractivity contribution in [3.05, 3.63) is 75.5 Å². The van der Waals surface area contributed by atoms with E-state index < -0.39 is 0 Å². The van der Waals surface area contributed by atoms with Crippen molar-refractivity contribution in [3.8, 4) is 0 Å². The van der Waals surface area contributed by atoms with Crippen LogP contribution in [0.3, 0.4) is 0 Å². The molecule has 2 aromatic rings. The normalized spacial score (nSPS) is 24.0. The van der Waals surface area contributed by atoms with Crippen molar-refractivity contribution in [3.63, 3.8) is 0 Å². The predicted molar refractivity (Wildman–Crippen MR) is 143 cm³/mol. The average Bonchev–Trinajstić information content (AvgIpc) is 3.50. The fourth-order valence-corrected chi connectivity index (χ4v) is 5.77. The Morgan fingerprint density at radius 3 is 2.66 bits per heavy atom. The summed E-state index contributed by atoms with van der Waals surface area (Å²) in [4.78, 5) is 15.2. The average molecular weight is 515 g/mol.